The van der Waals surface area contributed by atoms with Crippen LogP contribution in [-0.2, 0) is 9.53 Å². The molecule has 1 spiro atoms. The zero-order valence-corrected chi connectivity index (χ0v) is 14.8. The van der Waals surface area contributed by atoms with E-state index in [2.05, 4.69) is 5.32 Å². The molecular formula is C21H19F2NO3. The summed E-state index contributed by atoms with van der Waals surface area (Å²) < 4.78 is 32.2. The molecule has 2 aliphatic rings. The molecule has 0 unspecified atom stereocenters. The predicted molar refractivity (Wildman–Crippen MR) is 97.0 cm³/mol. The molecule has 2 heterocycles. The van der Waals surface area contributed by atoms with Crippen molar-refractivity contribution in [2.45, 2.75) is 25.3 Å². The zero-order valence-electron chi connectivity index (χ0n) is 14.8. The maximum absolute atomic E-state index is 13.6. The molecule has 6 heteroatoms. The lowest BCUT2D eigenvalue weighted by Crippen LogP contribution is -2.48. The first-order valence-corrected chi connectivity index (χ1v) is 8.82. The van der Waals surface area contributed by atoms with Gasteiger partial charge in [-0.25, -0.2) is 8.78 Å². The summed E-state index contributed by atoms with van der Waals surface area (Å²) in [5.41, 5.74) is 1.97. The van der Waals surface area contributed by atoms with Crippen LogP contribution in [0.1, 0.15) is 24.0 Å². The van der Waals surface area contributed by atoms with Crippen LogP contribution in [0.3, 0.4) is 0 Å². The van der Waals surface area contributed by atoms with Crippen LogP contribution >= 0.6 is 0 Å². The van der Waals surface area contributed by atoms with Crippen molar-refractivity contribution >= 4 is 11.5 Å². The summed E-state index contributed by atoms with van der Waals surface area (Å²) in [6.07, 6.45) is 1.02. The summed E-state index contributed by atoms with van der Waals surface area (Å²) in [7, 11) is 0. The van der Waals surface area contributed by atoms with Crippen molar-refractivity contribution in [2.24, 2.45) is 0 Å². The van der Waals surface area contributed by atoms with Crippen LogP contribution in [0.5, 0.6) is 0 Å². The van der Waals surface area contributed by atoms with Gasteiger partial charge in [-0.2, -0.15) is 0 Å². The Hall–Kier alpha value is -2.73. The number of hydrogen-bond acceptors (Lipinski definition) is 3. The number of aliphatic hydroxyl groups excluding tert-OH is 1. The topological polar surface area (TPSA) is 58.6 Å². The van der Waals surface area contributed by atoms with Gasteiger partial charge in [-0.15, -0.1) is 0 Å². The van der Waals surface area contributed by atoms with E-state index in [0.717, 1.165) is 17.7 Å². The van der Waals surface area contributed by atoms with Crippen LogP contribution in [0.4, 0.5) is 8.78 Å². The van der Waals surface area contributed by atoms with E-state index in [1.165, 1.54) is 6.07 Å². The Morgan fingerprint density at radius 1 is 1.04 bits per heavy atom. The van der Waals surface area contributed by atoms with Crippen molar-refractivity contribution in [1.29, 1.82) is 0 Å². The molecule has 0 aromatic heterocycles. The fourth-order valence-electron chi connectivity index (χ4n) is 3.76. The van der Waals surface area contributed by atoms with Crippen molar-refractivity contribution in [3.8, 4) is 11.1 Å². The molecule has 4 nitrogen and oxygen atoms in total. The molecular weight excluding hydrogens is 352 g/mol. The van der Waals surface area contributed by atoms with E-state index in [1.807, 2.05) is 6.92 Å². The highest BCUT2D eigenvalue weighted by Crippen LogP contribution is 2.39. The first-order valence-electron chi connectivity index (χ1n) is 8.82. The molecule has 2 N–H and O–H groups in total. The van der Waals surface area contributed by atoms with E-state index in [9.17, 15) is 18.7 Å². The molecule has 1 amide bonds. The third kappa shape index (κ3) is 2.90. The normalized spacial score (nSPS) is 18.9. The van der Waals surface area contributed by atoms with Gasteiger partial charge in [0, 0.05) is 26.1 Å². The van der Waals surface area contributed by atoms with E-state index in [4.69, 9.17) is 4.74 Å². The number of hydrogen-bond donors (Lipinski definition) is 2. The molecule has 0 aliphatic carbocycles. The van der Waals surface area contributed by atoms with Crippen molar-refractivity contribution in [3.05, 3.63) is 64.9 Å². The van der Waals surface area contributed by atoms with E-state index in [0.29, 0.717) is 42.7 Å². The number of ether oxygens (including phenoxy) is 1. The molecule has 2 aliphatic heterocycles. The molecule has 27 heavy (non-hydrogen) atoms. The zero-order chi connectivity index (χ0) is 19.2. The molecule has 140 valence electrons. The van der Waals surface area contributed by atoms with E-state index in [-0.39, 0.29) is 17.2 Å². The SMILES string of the molecule is Cc1ccc(-c2ccc(F)c(F)c2)cc1C1=C(O)C2(CCOCC2)NC1=O. The molecule has 2 aromatic carbocycles. The van der Waals surface area contributed by atoms with Crippen LogP contribution in [0.25, 0.3) is 16.7 Å². The highest BCUT2D eigenvalue weighted by Gasteiger charge is 2.47. The number of rotatable bonds is 2. The summed E-state index contributed by atoms with van der Waals surface area (Å²) in [5.74, 6) is -2.15. The van der Waals surface area contributed by atoms with Gasteiger partial charge in [0.2, 0.25) is 0 Å². The first kappa shape index (κ1) is 17.7. The van der Waals surface area contributed by atoms with Crippen molar-refractivity contribution in [2.75, 3.05) is 13.2 Å². The van der Waals surface area contributed by atoms with Crippen molar-refractivity contribution < 1.29 is 23.4 Å². The molecule has 0 radical (unpaired) electrons. The van der Waals surface area contributed by atoms with Crippen molar-refractivity contribution in [1.82, 2.24) is 5.32 Å². The second-order valence-corrected chi connectivity index (χ2v) is 7.03. The quantitative estimate of drug-likeness (QED) is 0.842. The predicted octanol–water partition coefficient (Wildman–Crippen LogP) is 3.89. The number of carbonyl (C=O) groups is 1. The Morgan fingerprint density at radius 2 is 1.70 bits per heavy atom. The molecule has 1 fully saturated rings. The fraction of sp³-hybridized carbons (Fsp3) is 0.286. The Kier molecular flexibility index (Phi) is 4.23. The average molecular weight is 371 g/mol. The van der Waals surface area contributed by atoms with Gasteiger partial charge in [0.1, 0.15) is 11.3 Å². The van der Waals surface area contributed by atoms with Gasteiger partial charge in [0.05, 0.1) is 5.57 Å². The van der Waals surface area contributed by atoms with E-state index < -0.39 is 17.2 Å². The smallest absolute Gasteiger partial charge is 0.256 e. The second kappa shape index (κ2) is 6.46. The van der Waals surface area contributed by atoms with Crippen molar-refractivity contribution in [3.63, 3.8) is 0 Å². The Bertz CT molecular complexity index is 962. The van der Waals surface area contributed by atoms with Gasteiger partial charge in [-0.3, -0.25) is 4.79 Å². The van der Waals surface area contributed by atoms with E-state index >= 15 is 0 Å². The largest absolute Gasteiger partial charge is 0.509 e. The number of aliphatic hydroxyl groups is 1. The summed E-state index contributed by atoms with van der Waals surface area (Å²) in [4.78, 5) is 12.7. The van der Waals surface area contributed by atoms with Gasteiger partial charge in [0.15, 0.2) is 11.6 Å². The fourth-order valence-corrected chi connectivity index (χ4v) is 3.76. The Labute approximate surface area is 155 Å². The van der Waals surface area contributed by atoms with E-state index in [1.54, 1.807) is 18.2 Å². The molecule has 0 bridgehead atoms. The van der Waals surface area contributed by atoms with Crippen LogP contribution in [-0.4, -0.2) is 29.8 Å². The minimum absolute atomic E-state index is 0.0290. The molecule has 0 atom stereocenters. The lowest BCUT2D eigenvalue weighted by atomic mass is 9.87. The van der Waals surface area contributed by atoms with Crippen LogP contribution < -0.4 is 5.32 Å². The number of halogens is 2. The number of carbonyl (C=O) groups excluding carboxylic acids is 1. The standard InChI is InChI=1S/C21H19F2NO3/c1-12-2-3-13(14-4-5-16(22)17(23)11-14)10-15(12)18-19(25)21(24-20(18)26)6-8-27-9-7-21/h2-5,10-11,25H,6-9H2,1H3,(H,24,26). The average Bonchev–Trinajstić information content (AvgIpc) is 2.88. The third-order valence-electron chi connectivity index (χ3n) is 5.38. The van der Waals surface area contributed by atoms with Crippen LogP contribution in [0.2, 0.25) is 0 Å². The monoisotopic (exact) mass is 371 g/mol. The number of amides is 1. The van der Waals surface area contributed by atoms with Crippen LogP contribution in [0, 0.1) is 18.6 Å². The number of nitrogens with one attached hydrogen (secondary N) is 1. The first-order chi connectivity index (χ1) is 12.9. The highest BCUT2D eigenvalue weighted by atomic mass is 19.2. The van der Waals surface area contributed by atoms with Gasteiger partial charge in [-0.05, 0) is 47.4 Å². The molecule has 4 rings (SSSR count). The number of aryl methyl sites for hydroxylation is 1. The summed E-state index contributed by atoms with van der Waals surface area (Å²) in [5, 5.41) is 13.8. The molecule has 1 saturated heterocycles. The summed E-state index contributed by atoms with van der Waals surface area (Å²) in [6.45, 7) is 2.77. The van der Waals surface area contributed by atoms with Gasteiger partial charge < -0.3 is 15.2 Å². The van der Waals surface area contributed by atoms with Gasteiger partial charge in [0.25, 0.3) is 5.91 Å². The Morgan fingerprint density at radius 3 is 2.41 bits per heavy atom. The number of benzene rings is 2. The third-order valence-corrected chi connectivity index (χ3v) is 5.38. The maximum Gasteiger partial charge on any atom is 0.256 e. The van der Waals surface area contributed by atoms with Gasteiger partial charge >= 0.3 is 0 Å². The lowest BCUT2D eigenvalue weighted by Gasteiger charge is -2.33. The minimum Gasteiger partial charge on any atom is -0.509 e. The lowest BCUT2D eigenvalue weighted by molar-refractivity contribution is -0.117. The second-order valence-electron chi connectivity index (χ2n) is 7.03. The molecule has 0 saturated carbocycles. The highest BCUT2D eigenvalue weighted by molar-refractivity contribution is 6.23. The maximum atomic E-state index is 13.6. The summed E-state index contributed by atoms with van der Waals surface area (Å²) >= 11 is 0. The Balaban J connectivity index is 1.81. The molecule has 2 aromatic rings. The summed E-state index contributed by atoms with van der Waals surface area (Å²) in [6, 6.07) is 8.98. The minimum atomic E-state index is -0.934. The van der Waals surface area contributed by atoms with Gasteiger partial charge in [-0.1, -0.05) is 18.2 Å². The van der Waals surface area contributed by atoms with Crippen LogP contribution in [0.15, 0.2) is 42.2 Å².